The smallest absolute Gasteiger partial charge is 0.326 e. The first kappa shape index (κ1) is 28.1. The Hall–Kier alpha value is -2.91. The number of carbonyl (C=O) groups is 6. The molecule has 15 heteroatoms. The lowest BCUT2D eigenvalue weighted by Gasteiger charge is -2.23. The zero-order valence-corrected chi connectivity index (χ0v) is 17.6. The second-order valence-electron chi connectivity index (χ2n) is 6.43. The van der Waals surface area contributed by atoms with E-state index in [2.05, 4.69) is 10.6 Å². The summed E-state index contributed by atoms with van der Waals surface area (Å²) < 4.78 is 0. The van der Waals surface area contributed by atoms with E-state index in [-0.39, 0.29) is 0 Å². The number of primary amides is 2. The molecule has 0 aromatic carbocycles. The van der Waals surface area contributed by atoms with Gasteiger partial charge < -0.3 is 43.4 Å². The molecule has 0 aliphatic rings. The fourth-order valence-electron chi connectivity index (χ4n) is 2.21. The molecule has 31 heavy (non-hydrogen) atoms. The third-order valence-corrected chi connectivity index (χ3v) is 4.49. The van der Waals surface area contributed by atoms with E-state index in [1.54, 1.807) is 0 Å². The summed E-state index contributed by atoms with van der Waals surface area (Å²) in [6.45, 7) is -0.953. The van der Waals surface area contributed by atoms with E-state index in [1.807, 2.05) is 11.6 Å². The monoisotopic (exact) mass is 464 g/mol. The lowest BCUT2D eigenvalue weighted by atomic mass is 10.1. The molecule has 0 aliphatic carbocycles. The van der Waals surface area contributed by atoms with E-state index in [1.165, 1.54) is 11.8 Å². The van der Waals surface area contributed by atoms with Crippen LogP contribution in [-0.4, -0.2) is 88.5 Å². The van der Waals surface area contributed by atoms with Gasteiger partial charge in [-0.2, -0.15) is 11.8 Å². The van der Waals surface area contributed by atoms with Gasteiger partial charge in [0, 0.05) is 0 Å². The Morgan fingerprint density at radius 2 is 1.29 bits per heavy atom. The number of hydrogen-bond acceptors (Lipinski definition) is 9. The minimum atomic E-state index is -1.69. The number of aliphatic hydroxyl groups is 1. The number of rotatable bonds is 15. The van der Waals surface area contributed by atoms with Crippen molar-refractivity contribution in [1.82, 2.24) is 16.0 Å². The first-order valence-electron chi connectivity index (χ1n) is 8.98. The minimum absolute atomic E-state index is 0.302. The van der Waals surface area contributed by atoms with Crippen LogP contribution in [0.4, 0.5) is 0 Å². The van der Waals surface area contributed by atoms with Gasteiger partial charge in [-0.3, -0.25) is 24.0 Å². The van der Waals surface area contributed by atoms with Gasteiger partial charge in [-0.05, 0) is 18.4 Å². The van der Waals surface area contributed by atoms with Crippen molar-refractivity contribution in [2.75, 3.05) is 18.6 Å². The summed E-state index contributed by atoms with van der Waals surface area (Å²) in [6, 6.07) is -5.79. The van der Waals surface area contributed by atoms with Crippen molar-refractivity contribution in [3.05, 3.63) is 0 Å². The van der Waals surface area contributed by atoms with Gasteiger partial charge in [-0.15, -0.1) is 0 Å². The molecule has 0 saturated carbocycles. The van der Waals surface area contributed by atoms with E-state index in [4.69, 9.17) is 22.3 Å². The molecule has 0 aliphatic heterocycles. The van der Waals surface area contributed by atoms with Crippen LogP contribution in [0.3, 0.4) is 0 Å². The average Bonchev–Trinajstić information content (AvgIpc) is 2.67. The fraction of sp³-hybridized carbons (Fsp3) is 0.625. The van der Waals surface area contributed by atoms with Crippen LogP contribution in [0.1, 0.15) is 19.3 Å². The van der Waals surface area contributed by atoms with Gasteiger partial charge in [0.2, 0.25) is 29.5 Å². The Morgan fingerprint density at radius 3 is 1.74 bits per heavy atom. The van der Waals surface area contributed by atoms with Crippen molar-refractivity contribution in [1.29, 1.82) is 0 Å². The molecule has 176 valence electrons. The minimum Gasteiger partial charge on any atom is -0.480 e. The number of thioether (sulfide) groups is 1. The molecular formula is C16H28N6O8S. The van der Waals surface area contributed by atoms with Crippen molar-refractivity contribution in [3.63, 3.8) is 0 Å². The summed E-state index contributed by atoms with van der Waals surface area (Å²) in [7, 11) is 0. The maximum atomic E-state index is 12.5. The third kappa shape index (κ3) is 11.2. The molecule has 0 saturated heterocycles. The lowest BCUT2D eigenvalue weighted by Crippen LogP contribution is -2.58. The highest BCUT2D eigenvalue weighted by molar-refractivity contribution is 7.98. The van der Waals surface area contributed by atoms with Crippen molar-refractivity contribution < 1.29 is 39.0 Å². The quantitative estimate of drug-likeness (QED) is 0.115. The van der Waals surface area contributed by atoms with Crippen LogP contribution in [0.2, 0.25) is 0 Å². The van der Waals surface area contributed by atoms with Crippen molar-refractivity contribution in [2.45, 2.75) is 43.4 Å². The molecule has 0 bridgehead atoms. The number of nitrogens with two attached hydrogens (primary N) is 3. The van der Waals surface area contributed by atoms with E-state index >= 15 is 0 Å². The second kappa shape index (κ2) is 14.2. The number of amides is 5. The van der Waals surface area contributed by atoms with Crippen LogP contribution in [0.15, 0.2) is 0 Å². The average molecular weight is 465 g/mol. The van der Waals surface area contributed by atoms with Gasteiger partial charge in [-0.25, -0.2) is 4.79 Å². The summed E-state index contributed by atoms with van der Waals surface area (Å²) >= 11 is 1.45. The summed E-state index contributed by atoms with van der Waals surface area (Å²) in [5.41, 5.74) is 15.7. The topological polar surface area (TPSA) is 257 Å². The van der Waals surface area contributed by atoms with Gasteiger partial charge in [0.05, 0.1) is 25.5 Å². The molecule has 0 aromatic rings. The third-order valence-electron chi connectivity index (χ3n) is 3.84. The zero-order valence-electron chi connectivity index (χ0n) is 16.8. The summed E-state index contributed by atoms with van der Waals surface area (Å²) in [5, 5.41) is 24.7. The highest BCUT2D eigenvalue weighted by Gasteiger charge is 2.31. The number of hydrogen-bond donors (Lipinski definition) is 8. The van der Waals surface area contributed by atoms with Crippen LogP contribution in [0.5, 0.6) is 0 Å². The molecule has 0 heterocycles. The number of carbonyl (C=O) groups excluding carboxylic acids is 5. The summed E-state index contributed by atoms with van der Waals surface area (Å²) in [4.78, 5) is 70.1. The van der Waals surface area contributed by atoms with Crippen molar-refractivity contribution >= 4 is 47.3 Å². The molecule has 4 atom stereocenters. The fourth-order valence-corrected chi connectivity index (χ4v) is 2.69. The van der Waals surface area contributed by atoms with E-state index in [0.717, 1.165) is 0 Å². The number of carboxylic acid groups (broad SMARTS) is 1. The van der Waals surface area contributed by atoms with Gasteiger partial charge in [-0.1, -0.05) is 0 Å². The first-order valence-corrected chi connectivity index (χ1v) is 10.4. The number of aliphatic carboxylic acids is 1. The molecule has 0 aromatic heterocycles. The number of nitrogens with one attached hydrogen (secondary N) is 3. The standard InChI is InChI=1S/C16H28N6O8S/c1-31-3-2-7(17)13(26)20-8(4-11(18)24)14(27)22-10(6-23)15(28)21-9(16(29)30)5-12(19)25/h7-10,23H,2-6,17H2,1H3,(H2,18,24)(H2,19,25)(H,20,26)(H,21,28)(H,22,27)(H,29,30). The lowest BCUT2D eigenvalue weighted by molar-refractivity contribution is -0.144. The van der Waals surface area contributed by atoms with Crippen LogP contribution in [-0.2, 0) is 28.8 Å². The molecule has 0 spiro atoms. The Kier molecular flexibility index (Phi) is 12.8. The van der Waals surface area contributed by atoms with Gasteiger partial charge in [0.15, 0.2) is 0 Å². The van der Waals surface area contributed by atoms with Crippen molar-refractivity contribution in [2.24, 2.45) is 17.2 Å². The highest BCUT2D eigenvalue weighted by atomic mass is 32.2. The van der Waals surface area contributed by atoms with Gasteiger partial charge >= 0.3 is 5.97 Å². The maximum absolute atomic E-state index is 12.5. The molecule has 14 nitrogen and oxygen atoms in total. The Morgan fingerprint density at radius 1 is 0.839 bits per heavy atom. The molecule has 0 fully saturated rings. The molecule has 0 rings (SSSR count). The van der Waals surface area contributed by atoms with Crippen LogP contribution in [0, 0.1) is 0 Å². The predicted octanol–water partition coefficient (Wildman–Crippen LogP) is -4.65. The predicted molar refractivity (Wildman–Crippen MR) is 109 cm³/mol. The molecule has 0 radical (unpaired) electrons. The largest absolute Gasteiger partial charge is 0.480 e. The van der Waals surface area contributed by atoms with Gasteiger partial charge in [0.1, 0.15) is 18.1 Å². The SMILES string of the molecule is CSCCC(N)C(=O)NC(CC(N)=O)C(=O)NC(CO)C(=O)NC(CC(N)=O)C(=O)O. The zero-order chi connectivity index (χ0) is 24.1. The normalized spacial score (nSPS) is 14.4. The second-order valence-corrected chi connectivity index (χ2v) is 7.42. The number of aliphatic hydroxyl groups excluding tert-OH is 1. The first-order chi connectivity index (χ1) is 14.4. The Bertz CT molecular complexity index is 691. The van der Waals surface area contributed by atoms with Crippen LogP contribution >= 0.6 is 11.8 Å². The molecule has 11 N–H and O–H groups in total. The molecular weight excluding hydrogens is 436 g/mol. The Labute approximate surface area is 182 Å². The number of carboxylic acids is 1. The van der Waals surface area contributed by atoms with Crippen molar-refractivity contribution in [3.8, 4) is 0 Å². The highest BCUT2D eigenvalue weighted by Crippen LogP contribution is 2.01. The summed E-state index contributed by atoms with van der Waals surface area (Å²) in [5.74, 6) is -5.83. The van der Waals surface area contributed by atoms with Gasteiger partial charge in [0.25, 0.3) is 0 Å². The Balaban J connectivity index is 5.23. The summed E-state index contributed by atoms with van der Waals surface area (Å²) in [6.07, 6.45) is 0.774. The maximum Gasteiger partial charge on any atom is 0.326 e. The van der Waals surface area contributed by atoms with Crippen LogP contribution in [0.25, 0.3) is 0 Å². The molecule has 5 amide bonds. The van der Waals surface area contributed by atoms with E-state index in [9.17, 15) is 33.9 Å². The van der Waals surface area contributed by atoms with E-state index < -0.39 is 79.1 Å². The van der Waals surface area contributed by atoms with Crippen LogP contribution < -0.4 is 33.2 Å². The molecule has 4 unspecified atom stereocenters. The van der Waals surface area contributed by atoms with E-state index in [0.29, 0.717) is 12.2 Å².